The molecule has 0 radical (unpaired) electrons. The summed E-state index contributed by atoms with van der Waals surface area (Å²) in [6, 6.07) is 15.7. The number of aryl methyl sites for hydroxylation is 2. The second-order valence-corrected chi connectivity index (χ2v) is 11.5. The van der Waals surface area contributed by atoms with Gasteiger partial charge < -0.3 is 20.4 Å². The zero-order chi connectivity index (χ0) is 28.4. The number of unbranched alkanes of at least 4 members (excludes halogenated alkanes) is 12. The molecule has 2 unspecified atom stereocenters. The fourth-order valence-electron chi connectivity index (χ4n) is 5.94. The summed E-state index contributed by atoms with van der Waals surface area (Å²) < 4.78 is 0. The van der Waals surface area contributed by atoms with Crippen LogP contribution < -0.4 is 0 Å². The van der Waals surface area contributed by atoms with E-state index >= 15 is 0 Å². The molecular formula is C35H62O4P2. The molecule has 4 nitrogen and oxygen atoms in total. The fraction of sp³-hybridized carbons (Fsp3) is 0.657. The third-order valence-corrected chi connectivity index (χ3v) is 8.59. The highest BCUT2D eigenvalue weighted by Gasteiger charge is 2.53. The average Bonchev–Trinajstić information content (AvgIpc) is 2.97. The van der Waals surface area contributed by atoms with Gasteiger partial charge in [0, 0.05) is 0 Å². The van der Waals surface area contributed by atoms with Crippen molar-refractivity contribution in [3.63, 3.8) is 0 Å². The second-order valence-electron chi connectivity index (χ2n) is 11.5. The Morgan fingerprint density at radius 1 is 0.488 bits per heavy atom. The SMILES string of the molecule is CCCCCCCCCc1ccccc1C(O)(c1ccccc1CCCCCCCCC)C(CO)(CO)CO.P.P. The fourth-order valence-corrected chi connectivity index (χ4v) is 5.94. The number of benzene rings is 2. The van der Waals surface area contributed by atoms with Crippen molar-refractivity contribution in [2.75, 3.05) is 19.8 Å². The molecule has 0 saturated heterocycles. The molecule has 0 saturated carbocycles. The maximum absolute atomic E-state index is 12.7. The molecule has 0 amide bonds. The summed E-state index contributed by atoms with van der Waals surface area (Å²) in [4.78, 5) is 0. The molecule has 2 atom stereocenters. The molecule has 2 aromatic rings. The van der Waals surface area contributed by atoms with Gasteiger partial charge >= 0.3 is 0 Å². The van der Waals surface area contributed by atoms with Gasteiger partial charge in [-0.15, -0.1) is 0 Å². The van der Waals surface area contributed by atoms with Crippen LogP contribution in [0.5, 0.6) is 0 Å². The van der Waals surface area contributed by atoms with Crippen LogP contribution in [-0.2, 0) is 18.4 Å². The number of aliphatic hydroxyl groups is 4. The maximum Gasteiger partial charge on any atom is 0.127 e. The quantitative estimate of drug-likeness (QED) is 0.0820. The summed E-state index contributed by atoms with van der Waals surface area (Å²) in [5.74, 6) is 0. The highest BCUT2D eigenvalue weighted by molar-refractivity contribution is 6.92. The Hall–Kier alpha value is -0.860. The summed E-state index contributed by atoms with van der Waals surface area (Å²) in [5.41, 5.74) is 0.124. The summed E-state index contributed by atoms with van der Waals surface area (Å²) in [6.45, 7) is 2.86. The largest absolute Gasteiger partial charge is 0.395 e. The minimum atomic E-state index is -1.74. The molecule has 4 N–H and O–H groups in total. The smallest absolute Gasteiger partial charge is 0.127 e. The number of rotatable bonds is 22. The lowest BCUT2D eigenvalue weighted by molar-refractivity contribution is -0.136. The Labute approximate surface area is 258 Å². The second kappa shape index (κ2) is 22.6. The molecular weight excluding hydrogens is 546 g/mol. The molecule has 236 valence electrons. The third kappa shape index (κ3) is 11.3. The Morgan fingerprint density at radius 3 is 1.15 bits per heavy atom. The molecule has 41 heavy (non-hydrogen) atoms. The van der Waals surface area contributed by atoms with Crippen LogP contribution in [0.3, 0.4) is 0 Å². The van der Waals surface area contributed by atoms with Gasteiger partial charge in [0.05, 0.1) is 25.2 Å². The van der Waals surface area contributed by atoms with Gasteiger partial charge in [-0.3, -0.25) is 0 Å². The first-order valence-corrected chi connectivity index (χ1v) is 15.8. The molecule has 0 spiro atoms. The minimum Gasteiger partial charge on any atom is -0.395 e. The molecule has 2 rings (SSSR count). The van der Waals surface area contributed by atoms with E-state index in [1.54, 1.807) is 0 Å². The highest BCUT2D eigenvalue weighted by Crippen LogP contribution is 2.47. The summed E-state index contributed by atoms with van der Waals surface area (Å²) in [5, 5.41) is 44.5. The van der Waals surface area contributed by atoms with Gasteiger partial charge in [0.1, 0.15) is 5.60 Å². The molecule has 0 fully saturated rings. The van der Waals surface area contributed by atoms with Crippen LogP contribution in [0.4, 0.5) is 0 Å². The zero-order valence-electron chi connectivity index (χ0n) is 26.3. The monoisotopic (exact) mass is 608 g/mol. The third-order valence-electron chi connectivity index (χ3n) is 8.59. The van der Waals surface area contributed by atoms with Crippen molar-refractivity contribution in [3.05, 3.63) is 70.8 Å². The van der Waals surface area contributed by atoms with Gasteiger partial charge in [0.2, 0.25) is 0 Å². The first-order valence-electron chi connectivity index (χ1n) is 15.8. The highest BCUT2D eigenvalue weighted by atomic mass is 31.0. The standard InChI is InChI=1S/C35H56O4.2H3P/c1-3-5-7-9-11-13-15-21-30-23-17-19-25-32(30)35(39,34(27-36,28-37)29-38)33-26-20-18-24-31(33)22-16-14-12-10-8-6-4-2;;/h17-20,23-26,36-39H,3-16,21-22,27-29H2,1-2H3;2*1H3. The van der Waals surface area contributed by atoms with Crippen LogP contribution in [0.25, 0.3) is 0 Å². The predicted octanol–water partition coefficient (Wildman–Crippen LogP) is 7.59. The van der Waals surface area contributed by atoms with Gasteiger partial charge in [-0.1, -0.05) is 139 Å². The van der Waals surface area contributed by atoms with Gasteiger partial charge in [-0.05, 0) is 47.9 Å². The molecule has 0 aromatic heterocycles. The van der Waals surface area contributed by atoms with E-state index in [4.69, 9.17) is 0 Å². The summed E-state index contributed by atoms with van der Waals surface area (Å²) in [7, 11) is 0. The Bertz CT molecular complexity index is 847. The van der Waals surface area contributed by atoms with Crippen LogP contribution in [0.2, 0.25) is 0 Å². The normalized spacial score (nSPS) is 11.7. The Balaban J connectivity index is 0.00000800. The molecule has 0 aliphatic heterocycles. The van der Waals surface area contributed by atoms with Crippen molar-refractivity contribution in [2.45, 2.75) is 122 Å². The molecule has 0 aliphatic rings. The van der Waals surface area contributed by atoms with E-state index in [0.29, 0.717) is 11.1 Å². The van der Waals surface area contributed by atoms with Crippen LogP contribution in [0, 0.1) is 5.41 Å². The maximum atomic E-state index is 12.7. The van der Waals surface area contributed by atoms with Crippen molar-refractivity contribution in [1.29, 1.82) is 0 Å². The molecule has 0 heterocycles. The number of aliphatic hydroxyl groups excluding tert-OH is 3. The van der Waals surface area contributed by atoms with Gasteiger partial charge in [-0.2, -0.15) is 19.8 Å². The zero-order valence-corrected chi connectivity index (χ0v) is 29.1. The Morgan fingerprint density at radius 2 is 0.805 bits per heavy atom. The molecule has 0 aliphatic carbocycles. The van der Waals surface area contributed by atoms with Crippen LogP contribution in [0.15, 0.2) is 48.5 Å². The van der Waals surface area contributed by atoms with Gasteiger partial charge in [-0.25, -0.2) is 0 Å². The van der Waals surface area contributed by atoms with Crippen molar-refractivity contribution < 1.29 is 20.4 Å². The molecule has 2 aromatic carbocycles. The van der Waals surface area contributed by atoms with Crippen LogP contribution >= 0.6 is 19.8 Å². The minimum absolute atomic E-state index is 0. The molecule has 0 bridgehead atoms. The van der Waals surface area contributed by atoms with Gasteiger partial charge in [0.15, 0.2) is 0 Å². The van der Waals surface area contributed by atoms with E-state index in [1.165, 1.54) is 64.2 Å². The van der Waals surface area contributed by atoms with E-state index in [9.17, 15) is 20.4 Å². The van der Waals surface area contributed by atoms with E-state index in [1.807, 2.05) is 48.5 Å². The van der Waals surface area contributed by atoms with E-state index < -0.39 is 30.8 Å². The van der Waals surface area contributed by atoms with Crippen molar-refractivity contribution in [2.24, 2.45) is 5.41 Å². The predicted molar refractivity (Wildman–Crippen MR) is 185 cm³/mol. The van der Waals surface area contributed by atoms with E-state index in [-0.39, 0.29) is 19.8 Å². The van der Waals surface area contributed by atoms with Crippen molar-refractivity contribution in [3.8, 4) is 0 Å². The van der Waals surface area contributed by atoms with Crippen LogP contribution in [0.1, 0.15) is 126 Å². The summed E-state index contributed by atoms with van der Waals surface area (Å²) in [6.07, 6.45) is 18.5. The van der Waals surface area contributed by atoms with E-state index in [0.717, 1.165) is 49.7 Å². The topological polar surface area (TPSA) is 80.9 Å². The van der Waals surface area contributed by atoms with Crippen LogP contribution in [-0.4, -0.2) is 40.2 Å². The number of hydrogen-bond donors (Lipinski definition) is 4. The number of hydrogen-bond acceptors (Lipinski definition) is 4. The van der Waals surface area contributed by atoms with Crippen molar-refractivity contribution in [1.82, 2.24) is 0 Å². The lowest BCUT2D eigenvalue weighted by atomic mass is 9.63. The first-order chi connectivity index (χ1) is 19.0. The Kier molecular flexibility index (Phi) is 22.2. The first kappa shape index (κ1) is 40.1. The summed E-state index contributed by atoms with van der Waals surface area (Å²) >= 11 is 0. The average molecular weight is 609 g/mol. The van der Waals surface area contributed by atoms with E-state index in [2.05, 4.69) is 13.8 Å². The lowest BCUT2D eigenvalue weighted by Gasteiger charge is -2.46. The molecule has 6 heteroatoms. The lowest BCUT2D eigenvalue weighted by Crippen LogP contribution is -2.55. The van der Waals surface area contributed by atoms with Gasteiger partial charge in [0.25, 0.3) is 0 Å². The van der Waals surface area contributed by atoms with Crippen molar-refractivity contribution >= 4 is 19.8 Å².